The van der Waals surface area contributed by atoms with E-state index in [1.165, 1.54) is 0 Å². The van der Waals surface area contributed by atoms with Crippen LogP contribution >= 0.6 is 11.6 Å². The predicted octanol–water partition coefficient (Wildman–Crippen LogP) is 3.63. The molecule has 1 N–H and O–H groups in total. The number of hydrogen-bond donors (Lipinski definition) is 1. The van der Waals surface area contributed by atoms with Gasteiger partial charge in [-0.25, -0.2) is 0 Å². The van der Waals surface area contributed by atoms with Crippen LogP contribution < -0.4 is 0 Å². The molecule has 2 rings (SSSR count). The Labute approximate surface area is 123 Å². The Balaban J connectivity index is 2.14. The molecule has 0 unspecified atom stereocenters. The van der Waals surface area contributed by atoms with E-state index in [0.29, 0.717) is 17.1 Å². The summed E-state index contributed by atoms with van der Waals surface area (Å²) in [6, 6.07) is 12.1. The molecule has 0 aliphatic rings. The van der Waals surface area contributed by atoms with Crippen LogP contribution in [0.25, 0.3) is 0 Å². The van der Waals surface area contributed by atoms with Crippen molar-refractivity contribution in [2.24, 2.45) is 0 Å². The zero-order valence-corrected chi connectivity index (χ0v) is 12.2. The first-order chi connectivity index (χ1) is 9.47. The smallest absolute Gasteiger partial charge is 0.254 e. The van der Waals surface area contributed by atoms with Crippen molar-refractivity contribution >= 4 is 17.5 Å². The fraction of sp³-hybridized carbons (Fsp3) is 0.188. The molecule has 0 radical (unpaired) electrons. The minimum atomic E-state index is -0.0489. The molecule has 0 spiro atoms. The number of aryl methyl sites for hydroxylation is 1. The summed E-state index contributed by atoms with van der Waals surface area (Å²) in [5.41, 5.74) is 2.47. The molecule has 20 heavy (non-hydrogen) atoms. The van der Waals surface area contributed by atoms with Gasteiger partial charge in [-0.1, -0.05) is 23.7 Å². The normalized spacial score (nSPS) is 10.3. The van der Waals surface area contributed by atoms with Crippen LogP contribution in [0.3, 0.4) is 0 Å². The lowest BCUT2D eigenvalue weighted by molar-refractivity contribution is 0.0784. The molecule has 0 atom stereocenters. The third-order valence-corrected chi connectivity index (χ3v) is 3.36. The van der Waals surface area contributed by atoms with E-state index in [1.807, 2.05) is 6.92 Å². The van der Waals surface area contributed by atoms with Crippen molar-refractivity contribution in [2.75, 3.05) is 7.05 Å². The van der Waals surface area contributed by atoms with E-state index in [2.05, 4.69) is 0 Å². The largest absolute Gasteiger partial charge is 0.508 e. The van der Waals surface area contributed by atoms with Gasteiger partial charge in [0.05, 0.1) is 0 Å². The summed E-state index contributed by atoms with van der Waals surface area (Å²) in [5.74, 6) is 0.170. The average molecular weight is 290 g/mol. The molecule has 3 nitrogen and oxygen atoms in total. The van der Waals surface area contributed by atoms with Crippen molar-refractivity contribution in [3.8, 4) is 5.75 Å². The lowest BCUT2D eigenvalue weighted by Crippen LogP contribution is -2.26. The predicted molar refractivity (Wildman–Crippen MR) is 80.1 cm³/mol. The lowest BCUT2D eigenvalue weighted by atomic mass is 10.1. The van der Waals surface area contributed by atoms with Crippen molar-refractivity contribution in [1.29, 1.82) is 0 Å². The zero-order valence-electron chi connectivity index (χ0n) is 11.4. The molecule has 104 valence electrons. The number of halogens is 1. The molecule has 1 amide bonds. The Bertz CT molecular complexity index is 623. The number of hydrogen-bond acceptors (Lipinski definition) is 2. The summed E-state index contributed by atoms with van der Waals surface area (Å²) in [4.78, 5) is 14.0. The highest BCUT2D eigenvalue weighted by atomic mass is 35.5. The molecule has 0 fully saturated rings. The molecule has 0 bridgehead atoms. The summed E-state index contributed by atoms with van der Waals surface area (Å²) in [6.45, 7) is 2.36. The lowest BCUT2D eigenvalue weighted by Gasteiger charge is -2.18. The highest BCUT2D eigenvalue weighted by molar-refractivity contribution is 6.30. The van der Waals surface area contributed by atoms with Gasteiger partial charge in [-0.3, -0.25) is 4.79 Å². The van der Waals surface area contributed by atoms with E-state index in [0.717, 1.165) is 11.1 Å². The molecule has 0 aliphatic carbocycles. The number of amides is 1. The summed E-state index contributed by atoms with van der Waals surface area (Å²) in [5, 5.41) is 9.87. The first-order valence-electron chi connectivity index (χ1n) is 6.27. The van der Waals surface area contributed by atoms with Crippen molar-refractivity contribution in [3.05, 3.63) is 64.2 Å². The van der Waals surface area contributed by atoms with E-state index < -0.39 is 0 Å². The molecular formula is C16H16ClNO2. The zero-order chi connectivity index (χ0) is 14.7. The summed E-state index contributed by atoms with van der Waals surface area (Å²) in [7, 11) is 1.75. The van der Waals surface area contributed by atoms with Gasteiger partial charge in [-0.15, -0.1) is 0 Å². The van der Waals surface area contributed by atoms with Gasteiger partial charge in [0.2, 0.25) is 0 Å². The molecule has 0 saturated heterocycles. The maximum atomic E-state index is 12.4. The minimum absolute atomic E-state index is 0.0489. The third-order valence-electron chi connectivity index (χ3n) is 3.12. The number of phenols is 1. The van der Waals surface area contributed by atoms with E-state index in [-0.39, 0.29) is 11.7 Å². The number of carbonyl (C=O) groups excluding carboxylic acids is 1. The highest BCUT2D eigenvalue weighted by Crippen LogP contribution is 2.18. The SMILES string of the molecule is Cc1cc(Cl)ccc1C(=O)N(C)Cc1ccc(O)cc1. The number of benzene rings is 2. The maximum Gasteiger partial charge on any atom is 0.254 e. The quantitative estimate of drug-likeness (QED) is 0.937. The van der Waals surface area contributed by atoms with Crippen molar-refractivity contribution in [1.82, 2.24) is 4.90 Å². The van der Waals surface area contributed by atoms with Crippen LogP contribution in [0, 0.1) is 6.92 Å². The fourth-order valence-corrected chi connectivity index (χ4v) is 2.25. The summed E-state index contributed by atoms with van der Waals surface area (Å²) in [6.07, 6.45) is 0. The van der Waals surface area contributed by atoms with Crippen LogP contribution in [-0.2, 0) is 6.54 Å². The van der Waals surface area contributed by atoms with Crippen molar-refractivity contribution < 1.29 is 9.90 Å². The standard InChI is InChI=1S/C16H16ClNO2/c1-11-9-13(17)5-8-15(11)16(20)18(2)10-12-3-6-14(19)7-4-12/h3-9,19H,10H2,1-2H3. The van der Waals surface area contributed by atoms with Crippen LogP contribution in [0.4, 0.5) is 0 Å². The first kappa shape index (κ1) is 14.4. The number of phenolic OH excluding ortho intramolecular Hbond substituents is 1. The third kappa shape index (κ3) is 3.31. The van der Waals surface area contributed by atoms with Crippen molar-refractivity contribution in [2.45, 2.75) is 13.5 Å². The number of nitrogens with zero attached hydrogens (tertiary/aromatic N) is 1. The van der Waals surface area contributed by atoms with Gasteiger partial charge in [0.1, 0.15) is 5.75 Å². The van der Waals surface area contributed by atoms with Gasteiger partial charge in [0, 0.05) is 24.2 Å². The van der Waals surface area contributed by atoms with E-state index in [9.17, 15) is 9.90 Å². The second-order valence-electron chi connectivity index (χ2n) is 4.79. The Morgan fingerprint density at radius 3 is 2.45 bits per heavy atom. The first-order valence-corrected chi connectivity index (χ1v) is 6.64. The maximum absolute atomic E-state index is 12.4. The molecule has 0 aromatic heterocycles. The van der Waals surface area contributed by atoms with Crippen LogP contribution in [0.5, 0.6) is 5.75 Å². The van der Waals surface area contributed by atoms with Gasteiger partial charge in [-0.05, 0) is 48.4 Å². The molecule has 0 aliphatic heterocycles. The minimum Gasteiger partial charge on any atom is -0.508 e. The van der Waals surface area contributed by atoms with Crippen LogP contribution in [0.2, 0.25) is 5.02 Å². The summed E-state index contributed by atoms with van der Waals surface area (Å²) >= 11 is 5.90. The fourth-order valence-electron chi connectivity index (χ4n) is 2.02. The Hall–Kier alpha value is -2.00. The van der Waals surface area contributed by atoms with Crippen LogP contribution in [0.1, 0.15) is 21.5 Å². The topological polar surface area (TPSA) is 40.5 Å². The van der Waals surface area contributed by atoms with E-state index in [4.69, 9.17) is 11.6 Å². The molecule has 0 heterocycles. The Morgan fingerprint density at radius 1 is 1.20 bits per heavy atom. The Morgan fingerprint density at radius 2 is 1.85 bits per heavy atom. The van der Waals surface area contributed by atoms with Crippen molar-refractivity contribution in [3.63, 3.8) is 0 Å². The van der Waals surface area contributed by atoms with Crippen LogP contribution in [-0.4, -0.2) is 23.0 Å². The molecule has 2 aromatic carbocycles. The second kappa shape index (κ2) is 5.97. The molecular weight excluding hydrogens is 274 g/mol. The number of carbonyl (C=O) groups is 1. The number of aromatic hydroxyl groups is 1. The second-order valence-corrected chi connectivity index (χ2v) is 5.22. The molecule has 0 saturated carbocycles. The monoisotopic (exact) mass is 289 g/mol. The van der Waals surface area contributed by atoms with Gasteiger partial charge in [0.15, 0.2) is 0 Å². The number of rotatable bonds is 3. The van der Waals surface area contributed by atoms with Gasteiger partial charge in [0.25, 0.3) is 5.91 Å². The molecule has 4 heteroatoms. The average Bonchev–Trinajstić information content (AvgIpc) is 2.40. The van der Waals surface area contributed by atoms with Gasteiger partial charge >= 0.3 is 0 Å². The molecule has 2 aromatic rings. The van der Waals surface area contributed by atoms with E-state index in [1.54, 1.807) is 54.4 Å². The Kier molecular flexibility index (Phi) is 4.30. The van der Waals surface area contributed by atoms with Gasteiger partial charge < -0.3 is 10.0 Å². The van der Waals surface area contributed by atoms with Gasteiger partial charge in [-0.2, -0.15) is 0 Å². The van der Waals surface area contributed by atoms with E-state index >= 15 is 0 Å². The summed E-state index contributed by atoms with van der Waals surface area (Å²) < 4.78 is 0. The van der Waals surface area contributed by atoms with Crippen LogP contribution in [0.15, 0.2) is 42.5 Å². The highest BCUT2D eigenvalue weighted by Gasteiger charge is 2.14.